The molecular weight excluding hydrogens is 645 g/mol. The van der Waals surface area contributed by atoms with E-state index in [1.807, 2.05) is 22.7 Å². The van der Waals surface area contributed by atoms with Gasteiger partial charge in [0.15, 0.2) is 0 Å². The zero-order valence-corrected chi connectivity index (χ0v) is 28.5. The van der Waals surface area contributed by atoms with Crippen molar-refractivity contribution in [1.82, 2.24) is 4.57 Å². The lowest BCUT2D eigenvalue weighted by Gasteiger charge is -2.28. The summed E-state index contributed by atoms with van der Waals surface area (Å²) < 4.78 is 7.64. The SMILES string of the molecule is c1ccc(-n2c3ccccc3c3cccc(N(c4cccc5c4sc4ccc6ccccc6c45)c4cccc5sc6ccccc6c45)c32)cc1. The summed E-state index contributed by atoms with van der Waals surface area (Å²) in [6.45, 7) is 0. The molecule has 3 heterocycles. The van der Waals surface area contributed by atoms with E-state index in [1.165, 1.54) is 84.3 Å². The van der Waals surface area contributed by atoms with Crippen molar-refractivity contribution in [1.29, 1.82) is 0 Å². The fourth-order valence-electron chi connectivity index (χ4n) is 8.09. The van der Waals surface area contributed by atoms with Crippen molar-refractivity contribution in [2.45, 2.75) is 0 Å². The Bertz CT molecular complexity index is 3110. The first-order chi connectivity index (χ1) is 24.8. The molecule has 2 nitrogen and oxygen atoms in total. The summed E-state index contributed by atoms with van der Waals surface area (Å²) in [6, 6.07) is 62.4. The highest BCUT2D eigenvalue weighted by molar-refractivity contribution is 7.26. The fourth-order valence-corrected chi connectivity index (χ4v) is 10.4. The molecule has 234 valence electrons. The maximum Gasteiger partial charge on any atom is 0.0782 e. The summed E-state index contributed by atoms with van der Waals surface area (Å²) in [5, 5.41) is 10.3. The van der Waals surface area contributed by atoms with Crippen LogP contribution in [0, 0.1) is 0 Å². The molecule has 4 heteroatoms. The number of para-hydroxylation sites is 3. The molecule has 0 amide bonds. The molecule has 11 aromatic rings. The van der Waals surface area contributed by atoms with Crippen molar-refractivity contribution < 1.29 is 0 Å². The summed E-state index contributed by atoms with van der Waals surface area (Å²) in [4.78, 5) is 2.56. The van der Waals surface area contributed by atoms with E-state index in [9.17, 15) is 0 Å². The van der Waals surface area contributed by atoms with Crippen LogP contribution in [0.1, 0.15) is 0 Å². The van der Waals surface area contributed by atoms with Gasteiger partial charge >= 0.3 is 0 Å². The summed E-state index contributed by atoms with van der Waals surface area (Å²) in [5.74, 6) is 0. The van der Waals surface area contributed by atoms with Crippen molar-refractivity contribution in [2.24, 2.45) is 0 Å². The molecule has 0 aliphatic heterocycles. The lowest BCUT2D eigenvalue weighted by atomic mass is 10.0. The van der Waals surface area contributed by atoms with E-state index >= 15 is 0 Å². The highest BCUT2D eigenvalue weighted by Gasteiger charge is 2.26. The van der Waals surface area contributed by atoms with Gasteiger partial charge < -0.3 is 9.47 Å². The van der Waals surface area contributed by atoms with E-state index < -0.39 is 0 Å². The largest absolute Gasteiger partial charge is 0.307 e. The van der Waals surface area contributed by atoms with Gasteiger partial charge in [0.25, 0.3) is 0 Å². The molecule has 50 heavy (non-hydrogen) atoms. The van der Waals surface area contributed by atoms with Gasteiger partial charge in [0.2, 0.25) is 0 Å². The van der Waals surface area contributed by atoms with Crippen molar-refractivity contribution in [3.63, 3.8) is 0 Å². The van der Waals surface area contributed by atoms with Gasteiger partial charge in [-0.25, -0.2) is 0 Å². The van der Waals surface area contributed by atoms with Crippen molar-refractivity contribution in [3.05, 3.63) is 170 Å². The molecule has 0 saturated carbocycles. The van der Waals surface area contributed by atoms with E-state index in [0.717, 1.165) is 11.4 Å². The lowest BCUT2D eigenvalue weighted by molar-refractivity contribution is 1.17. The van der Waals surface area contributed by atoms with E-state index in [1.54, 1.807) is 0 Å². The molecular formula is C46H28N2S2. The third-order valence-electron chi connectivity index (χ3n) is 10.2. The second-order valence-corrected chi connectivity index (χ2v) is 15.0. The van der Waals surface area contributed by atoms with Crippen LogP contribution in [0.25, 0.3) is 78.6 Å². The Labute approximate surface area is 296 Å². The summed E-state index contributed by atoms with van der Waals surface area (Å²) in [5.41, 5.74) is 7.07. The highest BCUT2D eigenvalue weighted by atomic mass is 32.1. The number of hydrogen-bond donors (Lipinski definition) is 0. The van der Waals surface area contributed by atoms with Crippen molar-refractivity contribution >= 4 is 113 Å². The average molecular weight is 673 g/mol. The van der Waals surface area contributed by atoms with Crippen LogP contribution in [0.15, 0.2) is 170 Å². The van der Waals surface area contributed by atoms with Crippen LogP contribution in [0.2, 0.25) is 0 Å². The summed E-state index contributed by atoms with van der Waals surface area (Å²) in [6.07, 6.45) is 0. The van der Waals surface area contributed by atoms with Gasteiger partial charge in [-0.3, -0.25) is 0 Å². The average Bonchev–Trinajstić information content (AvgIpc) is 3.86. The minimum atomic E-state index is 1.15. The number of anilines is 3. The van der Waals surface area contributed by atoms with Crippen LogP contribution >= 0.6 is 22.7 Å². The lowest BCUT2D eigenvalue weighted by Crippen LogP contribution is -2.12. The number of thiophene rings is 2. The molecule has 0 aliphatic carbocycles. The van der Waals surface area contributed by atoms with Crippen molar-refractivity contribution in [2.75, 3.05) is 4.90 Å². The Morgan fingerprint density at radius 2 is 1.02 bits per heavy atom. The van der Waals surface area contributed by atoms with Gasteiger partial charge in [0, 0.05) is 52.1 Å². The third kappa shape index (κ3) is 3.95. The van der Waals surface area contributed by atoms with Gasteiger partial charge in [0.05, 0.1) is 32.8 Å². The smallest absolute Gasteiger partial charge is 0.0782 e. The van der Waals surface area contributed by atoms with Gasteiger partial charge in [0.1, 0.15) is 0 Å². The molecule has 0 fully saturated rings. The molecule has 8 aromatic carbocycles. The van der Waals surface area contributed by atoms with E-state index in [0.29, 0.717) is 0 Å². The van der Waals surface area contributed by atoms with Gasteiger partial charge in [-0.05, 0) is 65.4 Å². The van der Waals surface area contributed by atoms with Gasteiger partial charge in [-0.15, -0.1) is 22.7 Å². The Morgan fingerprint density at radius 3 is 1.92 bits per heavy atom. The Kier molecular flexibility index (Phi) is 6.03. The molecule has 0 radical (unpaired) electrons. The Balaban J connectivity index is 1.32. The van der Waals surface area contributed by atoms with E-state index in [-0.39, 0.29) is 0 Å². The van der Waals surface area contributed by atoms with E-state index in [2.05, 4.69) is 179 Å². The molecule has 3 aromatic heterocycles. The third-order valence-corrected chi connectivity index (χ3v) is 12.5. The quantitative estimate of drug-likeness (QED) is 0.181. The first-order valence-electron chi connectivity index (χ1n) is 16.9. The molecule has 0 atom stereocenters. The first-order valence-corrected chi connectivity index (χ1v) is 18.6. The molecule has 11 rings (SSSR count). The van der Waals surface area contributed by atoms with Crippen LogP contribution in [0.4, 0.5) is 17.1 Å². The minimum absolute atomic E-state index is 1.15. The number of nitrogens with zero attached hydrogens (tertiary/aromatic N) is 2. The maximum atomic E-state index is 2.56. The normalized spacial score (nSPS) is 12.0. The first kappa shape index (κ1) is 28.0. The summed E-state index contributed by atoms with van der Waals surface area (Å²) >= 11 is 3.77. The second kappa shape index (κ2) is 10.8. The predicted octanol–water partition coefficient (Wildman–Crippen LogP) is 14.1. The van der Waals surface area contributed by atoms with Crippen LogP contribution in [0.5, 0.6) is 0 Å². The molecule has 0 aliphatic rings. The Hall–Kier alpha value is -5.94. The maximum absolute atomic E-state index is 2.56. The summed E-state index contributed by atoms with van der Waals surface area (Å²) in [7, 11) is 0. The monoisotopic (exact) mass is 672 g/mol. The van der Waals surface area contributed by atoms with Gasteiger partial charge in [-0.2, -0.15) is 0 Å². The molecule has 0 saturated heterocycles. The number of hydrogen-bond acceptors (Lipinski definition) is 3. The van der Waals surface area contributed by atoms with Crippen LogP contribution in [0.3, 0.4) is 0 Å². The minimum Gasteiger partial charge on any atom is -0.307 e. The highest BCUT2D eigenvalue weighted by Crippen LogP contribution is 2.51. The molecule has 0 bridgehead atoms. The van der Waals surface area contributed by atoms with Crippen LogP contribution < -0.4 is 4.90 Å². The van der Waals surface area contributed by atoms with Gasteiger partial charge in [-0.1, -0.05) is 115 Å². The number of aromatic nitrogens is 1. The second-order valence-electron chi connectivity index (χ2n) is 12.9. The number of benzene rings is 8. The Morgan fingerprint density at radius 1 is 0.380 bits per heavy atom. The van der Waals surface area contributed by atoms with E-state index in [4.69, 9.17) is 0 Å². The predicted molar refractivity (Wildman–Crippen MR) is 219 cm³/mol. The molecule has 0 unspecified atom stereocenters. The van der Waals surface area contributed by atoms with Crippen molar-refractivity contribution in [3.8, 4) is 5.69 Å². The number of rotatable bonds is 4. The number of fused-ring (bicyclic) bond motifs is 11. The zero-order chi connectivity index (χ0) is 32.8. The molecule has 0 spiro atoms. The standard InChI is InChI=1S/C46H28N2S2/c1-2-14-30(15-3-1)47-36-21-8-6-17-32(36)33-19-10-23-38(45(33)47)48(37-22-12-26-41-44(37)34-18-7-9-25-40(34)49-41)39-24-11-20-35-43-31-16-5-4-13-29(31)27-28-42(43)50-46(35)39/h1-28H. The topological polar surface area (TPSA) is 8.17 Å². The van der Waals surface area contributed by atoms with Crippen LogP contribution in [-0.4, -0.2) is 4.57 Å². The fraction of sp³-hybridized carbons (Fsp3) is 0. The molecule has 0 N–H and O–H groups in total. The van der Waals surface area contributed by atoms with Crippen LogP contribution in [-0.2, 0) is 0 Å². The zero-order valence-electron chi connectivity index (χ0n) is 26.9.